The molecule has 0 amide bonds. The van der Waals surface area contributed by atoms with Crippen LogP contribution in [0.15, 0.2) is 24.3 Å². The fourth-order valence-electron chi connectivity index (χ4n) is 1.14. The standard InChI is InChI=1S/C10H13NO2/c1-8-3-5-10(6-4-8)7-9(2)11(12)13/h3-6,9H,7H2,1-2H3. The summed E-state index contributed by atoms with van der Waals surface area (Å²) >= 11 is 0. The Balaban J connectivity index is 2.64. The third-order valence-corrected chi connectivity index (χ3v) is 2.01. The highest BCUT2D eigenvalue weighted by Crippen LogP contribution is 2.07. The minimum atomic E-state index is -0.497. The van der Waals surface area contributed by atoms with Crippen LogP contribution >= 0.6 is 0 Å². The van der Waals surface area contributed by atoms with Crippen LogP contribution in [-0.4, -0.2) is 11.0 Å². The van der Waals surface area contributed by atoms with E-state index in [1.165, 1.54) is 5.56 Å². The molecule has 0 aliphatic heterocycles. The van der Waals surface area contributed by atoms with E-state index >= 15 is 0 Å². The molecule has 0 aromatic heterocycles. The third-order valence-electron chi connectivity index (χ3n) is 2.01. The zero-order valence-electron chi connectivity index (χ0n) is 7.86. The Morgan fingerprint density at radius 2 is 1.92 bits per heavy atom. The van der Waals surface area contributed by atoms with E-state index in [0.717, 1.165) is 5.56 Å². The normalized spacial score (nSPS) is 12.5. The molecule has 0 aliphatic carbocycles. The Hall–Kier alpha value is -1.38. The number of hydrogen-bond acceptors (Lipinski definition) is 2. The van der Waals surface area contributed by atoms with Crippen LogP contribution in [0.5, 0.6) is 0 Å². The lowest BCUT2D eigenvalue weighted by atomic mass is 10.1. The second-order valence-corrected chi connectivity index (χ2v) is 3.32. The molecule has 0 fully saturated rings. The van der Waals surface area contributed by atoms with E-state index < -0.39 is 6.04 Å². The predicted octanol–water partition coefficient (Wildman–Crippen LogP) is 2.20. The number of benzene rings is 1. The summed E-state index contributed by atoms with van der Waals surface area (Å²) in [5.74, 6) is 0. The first-order chi connectivity index (χ1) is 6.09. The Morgan fingerprint density at radius 1 is 1.38 bits per heavy atom. The van der Waals surface area contributed by atoms with Gasteiger partial charge in [-0.2, -0.15) is 0 Å². The SMILES string of the molecule is Cc1ccc(CC(C)[N+](=O)[O-])cc1. The third kappa shape index (κ3) is 2.86. The first-order valence-electron chi connectivity index (χ1n) is 4.28. The largest absolute Gasteiger partial charge is 0.264 e. The Kier molecular flexibility index (Phi) is 3.01. The summed E-state index contributed by atoms with van der Waals surface area (Å²) in [4.78, 5) is 10.1. The van der Waals surface area contributed by atoms with Crippen LogP contribution in [0.3, 0.4) is 0 Å². The lowest BCUT2D eigenvalue weighted by Gasteiger charge is -2.03. The lowest BCUT2D eigenvalue weighted by molar-refractivity contribution is -0.517. The smallest absolute Gasteiger partial charge is 0.214 e. The highest BCUT2D eigenvalue weighted by atomic mass is 16.6. The number of rotatable bonds is 3. The van der Waals surface area contributed by atoms with Crippen LogP contribution in [0.4, 0.5) is 0 Å². The molecule has 0 bridgehead atoms. The highest BCUT2D eigenvalue weighted by molar-refractivity contribution is 5.21. The van der Waals surface area contributed by atoms with E-state index in [1.807, 2.05) is 31.2 Å². The second-order valence-electron chi connectivity index (χ2n) is 3.32. The van der Waals surface area contributed by atoms with Crippen LogP contribution in [0, 0.1) is 17.0 Å². The van der Waals surface area contributed by atoms with Crippen molar-refractivity contribution in [2.75, 3.05) is 0 Å². The van der Waals surface area contributed by atoms with Crippen molar-refractivity contribution < 1.29 is 4.92 Å². The van der Waals surface area contributed by atoms with E-state index in [1.54, 1.807) is 6.92 Å². The van der Waals surface area contributed by atoms with E-state index in [9.17, 15) is 10.1 Å². The molecule has 1 rings (SSSR count). The van der Waals surface area contributed by atoms with Crippen LogP contribution in [-0.2, 0) is 6.42 Å². The molecule has 3 nitrogen and oxygen atoms in total. The van der Waals surface area contributed by atoms with Gasteiger partial charge in [0.25, 0.3) is 0 Å². The van der Waals surface area contributed by atoms with Gasteiger partial charge in [0.15, 0.2) is 0 Å². The molecule has 13 heavy (non-hydrogen) atoms. The van der Waals surface area contributed by atoms with Crippen molar-refractivity contribution >= 4 is 0 Å². The first kappa shape index (κ1) is 9.71. The first-order valence-corrected chi connectivity index (χ1v) is 4.28. The average Bonchev–Trinajstić information content (AvgIpc) is 2.08. The summed E-state index contributed by atoms with van der Waals surface area (Å²) < 4.78 is 0. The summed E-state index contributed by atoms with van der Waals surface area (Å²) in [7, 11) is 0. The summed E-state index contributed by atoms with van der Waals surface area (Å²) in [5, 5.41) is 10.4. The lowest BCUT2D eigenvalue weighted by Crippen LogP contribution is -2.17. The van der Waals surface area contributed by atoms with Gasteiger partial charge >= 0.3 is 0 Å². The van der Waals surface area contributed by atoms with Crippen LogP contribution < -0.4 is 0 Å². The van der Waals surface area contributed by atoms with Crippen LogP contribution in [0.25, 0.3) is 0 Å². The van der Waals surface area contributed by atoms with Crippen molar-refractivity contribution in [3.05, 3.63) is 45.5 Å². The molecule has 1 aromatic rings. The van der Waals surface area contributed by atoms with Crippen LogP contribution in [0.2, 0.25) is 0 Å². The minimum absolute atomic E-state index is 0.250. The van der Waals surface area contributed by atoms with Gasteiger partial charge in [-0.1, -0.05) is 29.8 Å². The molecule has 1 unspecified atom stereocenters. The molecule has 0 spiro atoms. The topological polar surface area (TPSA) is 43.1 Å². The van der Waals surface area contributed by atoms with Gasteiger partial charge in [0.2, 0.25) is 6.04 Å². The zero-order chi connectivity index (χ0) is 9.84. The molecule has 70 valence electrons. The quantitative estimate of drug-likeness (QED) is 0.527. The summed E-state index contributed by atoms with van der Waals surface area (Å²) in [5.41, 5.74) is 2.20. The van der Waals surface area contributed by atoms with Crippen molar-refractivity contribution in [2.24, 2.45) is 0 Å². The minimum Gasteiger partial charge on any atom is -0.264 e. The fourth-order valence-corrected chi connectivity index (χ4v) is 1.14. The molecule has 0 aliphatic rings. The van der Waals surface area contributed by atoms with Crippen molar-refractivity contribution in [1.29, 1.82) is 0 Å². The maximum Gasteiger partial charge on any atom is 0.214 e. The molecule has 0 N–H and O–H groups in total. The predicted molar refractivity (Wildman–Crippen MR) is 51.3 cm³/mol. The maximum atomic E-state index is 10.4. The molecule has 0 saturated carbocycles. The Bertz CT molecular complexity index is 292. The molecule has 0 heterocycles. The van der Waals surface area contributed by atoms with E-state index in [-0.39, 0.29) is 4.92 Å². The van der Waals surface area contributed by atoms with Gasteiger partial charge in [-0.05, 0) is 12.5 Å². The molecular formula is C10H13NO2. The number of aryl methyl sites for hydroxylation is 1. The van der Waals surface area contributed by atoms with Crippen molar-refractivity contribution in [3.8, 4) is 0 Å². The second kappa shape index (κ2) is 4.03. The Morgan fingerprint density at radius 3 is 2.38 bits per heavy atom. The van der Waals surface area contributed by atoms with Crippen molar-refractivity contribution in [1.82, 2.24) is 0 Å². The van der Waals surface area contributed by atoms with E-state index in [0.29, 0.717) is 6.42 Å². The van der Waals surface area contributed by atoms with Gasteiger partial charge in [0.1, 0.15) is 0 Å². The van der Waals surface area contributed by atoms with Gasteiger partial charge in [0.05, 0.1) is 0 Å². The summed E-state index contributed by atoms with van der Waals surface area (Å²) in [6, 6.07) is 7.33. The van der Waals surface area contributed by atoms with E-state index in [2.05, 4.69) is 0 Å². The molecule has 0 saturated heterocycles. The zero-order valence-corrected chi connectivity index (χ0v) is 7.86. The molecular weight excluding hydrogens is 166 g/mol. The van der Waals surface area contributed by atoms with Crippen molar-refractivity contribution in [2.45, 2.75) is 26.3 Å². The van der Waals surface area contributed by atoms with E-state index in [4.69, 9.17) is 0 Å². The number of nitrogens with zero attached hydrogens (tertiary/aromatic N) is 1. The van der Waals surface area contributed by atoms with Gasteiger partial charge < -0.3 is 0 Å². The molecule has 1 atom stereocenters. The van der Waals surface area contributed by atoms with Gasteiger partial charge in [-0.15, -0.1) is 0 Å². The molecule has 1 aromatic carbocycles. The number of nitro groups is 1. The molecule has 0 radical (unpaired) electrons. The fraction of sp³-hybridized carbons (Fsp3) is 0.400. The molecule has 3 heteroatoms. The average molecular weight is 179 g/mol. The van der Waals surface area contributed by atoms with Crippen molar-refractivity contribution in [3.63, 3.8) is 0 Å². The maximum absolute atomic E-state index is 10.4. The van der Waals surface area contributed by atoms with Gasteiger partial charge in [-0.25, -0.2) is 0 Å². The monoisotopic (exact) mass is 179 g/mol. The van der Waals surface area contributed by atoms with Gasteiger partial charge in [-0.3, -0.25) is 10.1 Å². The van der Waals surface area contributed by atoms with Crippen LogP contribution in [0.1, 0.15) is 18.1 Å². The number of hydrogen-bond donors (Lipinski definition) is 0. The summed E-state index contributed by atoms with van der Waals surface area (Å²) in [6.07, 6.45) is 0.507. The summed E-state index contributed by atoms with van der Waals surface area (Å²) in [6.45, 7) is 3.63. The van der Waals surface area contributed by atoms with Gasteiger partial charge in [0, 0.05) is 18.3 Å². The highest BCUT2D eigenvalue weighted by Gasteiger charge is 2.12. The Labute approximate surface area is 77.5 Å².